The molecule has 0 aliphatic carbocycles. The van der Waals surface area contributed by atoms with E-state index in [0.29, 0.717) is 29.9 Å². The first-order chi connectivity index (χ1) is 13.4. The van der Waals surface area contributed by atoms with Crippen molar-refractivity contribution in [2.45, 2.75) is 25.8 Å². The van der Waals surface area contributed by atoms with Gasteiger partial charge in [-0.2, -0.15) is 0 Å². The number of hydrogen-bond acceptors (Lipinski definition) is 5. The number of anilines is 2. The molecule has 2 aliphatic rings. The zero-order chi connectivity index (χ0) is 20.4. The minimum absolute atomic E-state index is 0.0189. The van der Waals surface area contributed by atoms with Gasteiger partial charge < -0.3 is 10.6 Å². The van der Waals surface area contributed by atoms with E-state index in [9.17, 15) is 9.59 Å². The Morgan fingerprint density at radius 2 is 2.14 bits per heavy atom. The summed E-state index contributed by atoms with van der Waals surface area (Å²) in [6, 6.07) is 5.61. The summed E-state index contributed by atoms with van der Waals surface area (Å²) >= 11 is 0. The average Bonchev–Trinajstić information content (AvgIpc) is 2.91. The first-order valence-corrected chi connectivity index (χ1v) is 9.13. The van der Waals surface area contributed by atoms with E-state index in [2.05, 4.69) is 28.8 Å². The third-order valence-electron chi connectivity index (χ3n) is 4.97. The van der Waals surface area contributed by atoms with Gasteiger partial charge in [0.15, 0.2) is 0 Å². The van der Waals surface area contributed by atoms with Crippen LogP contribution in [0.1, 0.15) is 25.3 Å². The summed E-state index contributed by atoms with van der Waals surface area (Å²) in [5.74, 6) is -0.299. The van der Waals surface area contributed by atoms with Crippen LogP contribution in [0.3, 0.4) is 0 Å². The van der Waals surface area contributed by atoms with Crippen molar-refractivity contribution in [1.29, 1.82) is 0 Å². The van der Waals surface area contributed by atoms with E-state index in [4.69, 9.17) is 0 Å². The number of hydrogen-bond donors (Lipinski definition) is 2. The van der Waals surface area contributed by atoms with Crippen molar-refractivity contribution < 1.29 is 9.59 Å². The monoisotopic (exact) mass is 379 g/mol. The molecule has 0 aromatic heterocycles. The molecule has 1 atom stereocenters. The summed E-state index contributed by atoms with van der Waals surface area (Å²) in [7, 11) is 3.52. The van der Waals surface area contributed by atoms with E-state index in [1.807, 2.05) is 42.2 Å². The molecule has 0 saturated carbocycles. The van der Waals surface area contributed by atoms with Crippen molar-refractivity contribution in [1.82, 2.24) is 10.3 Å². The molecule has 1 aromatic rings. The number of aliphatic imine (C=N–C) groups is 1. The Balaban J connectivity index is 1.92. The number of rotatable bonds is 4. The summed E-state index contributed by atoms with van der Waals surface area (Å²) in [5, 5.41) is 9.77. The van der Waals surface area contributed by atoms with Gasteiger partial charge in [0, 0.05) is 31.8 Å². The molecule has 2 N–H and O–H groups in total. The third-order valence-corrected chi connectivity index (χ3v) is 4.97. The van der Waals surface area contributed by atoms with Gasteiger partial charge in [-0.3, -0.25) is 24.6 Å². The van der Waals surface area contributed by atoms with Gasteiger partial charge in [-0.25, -0.2) is 0 Å². The van der Waals surface area contributed by atoms with Crippen molar-refractivity contribution in [3.8, 4) is 0 Å². The molecule has 28 heavy (non-hydrogen) atoms. The van der Waals surface area contributed by atoms with Crippen molar-refractivity contribution in [2.24, 2.45) is 4.99 Å². The zero-order valence-electron chi connectivity index (χ0n) is 16.5. The van der Waals surface area contributed by atoms with Crippen LogP contribution >= 0.6 is 0 Å². The summed E-state index contributed by atoms with van der Waals surface area (Å²) in [6.07, 6.45) is 4.52. The normalized spacial score (nSPS) is 19.9. The fourth-order valence-electron chi connectivity index (χ4n) is 3.66. The van der Waals surface area contributed by atoms with Gasteiger partial charge in [-0.05, 0) is 31.6 Å². The first-order valence-electron chi connectivity index (χ1n) is 9.13. The maximum atomic E-state index is 12.6. The number of nitrogens with one attached hydrogen (secondary N) is 2. The molecule has 1 unspecified atom stereocenters. The van der Waals surface area contributed by atoms with Gasteiger partial charge in [-0.1, -0.05) is 25.3 Å². The number of hydrazine groups is 1. The highest BCUT2D eigenvalue weighted by Crippen LogP contribution is 2.44. The lowest BCUT2D eigenvalue weighted by Gasteiger charge is -2.39. The van der Waals surface area contributed by atoms with Gasteiger partial charge in [0.1, 0.15) is 5.71 Å². The zero-order valence-corrected chi connectivity index (χ0v) is 16.5. The van der Waals surface area contributed by atoms with Gasteiger partial charge >= 0.3 is 0 Å². The standard InChI is InChI=1S/C21H25N5O2/c1-6-8-16(22-4)21(28)24-15-9-7-10-18-20(15)14(3)26(25(18)5)17-11-12-19(27)23-13(17)2/h6-10,17H,2-3,11-12H2,1,4-5H3,(H,23,27)(H,24,28)/b8-6-,22-16?. The van der Waals surface area contributed by atoms with E-state index in [0.717, 1.165) is 16.9 Å². The molecular formula is C21H25N5O2. The van der Waals surface area contributed by atoms with Crippen LogP contribution in [0.2, 0.25) is 0 Å². The third kappa shape index (κ3) is 3.31. The summed E-state index contributed by atoms with van der Waals surface area (Å²) in [5.41, 5.74) is 4.18. The quantitative estimate of drug-likeness (QED) is 0.789. The molecule has 2 aliphatic heterocycles. The molecule has 0 spiro atoms. The SMILES string of the molecule is C=C1NC(=O)CCC1N1C(=C)c2c(NC(=O)C(/C=C\C)=NC)cccc2N1C. The molecule has 1 aromatic carbocycles. The smallest absolute Gasteiger partial charge is 0.273 e. The van der Waals surface area contributed by atoms with E-state index >= 15 is 0 Å². The molecule has 0 radical (unpaired) electrons. The largest absolute Gasteiger partial charge is 0.328 e. The highest BCUT2D eigenvalue weighted by atomic mass is 16.2. The fourth-order valence-corrected chi connectivity index (χ4v) is 3.66. The molecule has 0 bridgehead atoms. The van der Waals surface area contributed by atoms with Crippen LogP contribution < -0.4 is 15.6 Å². The van der Waals surface area contributed by atoms with Gasteiger partial charge in [-0.15, -0.1) is 0 Å². The number of piperidine rings is 1. The van der Waals surface area contributed by atoms with Crippen LogP contribution in [0.5, 0.6) is 0 Å². The molecule has 1 fully saturated rings. The number of benzene rings is 1. The molecular weight excluding hydrogens is 354 g/mol. The summed E-state index contributed by atoms with van der Waals surface area (Å²) < 4.78 is 0. The molecule has 3 rings (SSSR count). The topological polar surface area (TPSA) is 77.0 Å². The van der Waals surface area contributed by atoms with Gasteiger partial charge in [0.05, 0.1) is 23.1 Å². The van der Waals surface area contributed by atoms with E-state index in [1.165, 1.54) is 0 Å². The second-order valence-corrected chi connectivity index (χ2v) is 6.71. The number of amides is 2. The molecule has 2 heterocycles. The number of fused-ring (bicyclic) bond motifs is 1. The van der Waals surface area contributed by atoms with Crippen molar-refractivity contribution in [3.63, 3.8) is 0 Å². The van der Waals surface area contributed by atoms with Gasteiger partial charge in [0.25, 0.3) is 5.91 Å². The number of allylic oxidation sites excluding steroid dienone is 1. The molecule has 1 saturated heterocycles. The Morgan fingerprint density at radius 3 is 2.79 bits per heavy atom. The fraction of sp³-hybridized carbons (Fsp3) is 0.286. The Hall–Kier alpha value is -3.35. The Bertz CT molecular complexity index is 915. The Labute approximate surface area is 165 Å². The predicted octanol–water partition coefficient (Wildman–Crippen LogP) is 2.70. The van der Waals surface area contributed by atoms with Crippen molar-refractivity contribution >= 4 is 34.6 Å². The average molecular weight is 379 g/mol. The van der Waals surface area contributed by atoms with E-state index < -0.39 is 0 Å². The second-order valence-electron chi connectivity index (χ2n) is 6.71. The van der Waals surface area contributed by atoms with Crippen LogP contribution in [0.15, 0.2) is 54.2 Å². The number of carbonyl (C=O) groups excluding carboxylic acids is 2. The van der Waals surface area contributed by atoms with E-state index in [-0.39, 0.29) is 17.9 Å². The predicted molar refractivity (Wildman–Crippen MR) is 113 cm³/mol. The van der Waals surface area contributed by atoms with Crippen LogP contribution in [-0.2, 0) is 9.59 Å². The summed E-state index contributed by atoms with van der Waals surface area (Å²) in [6.45, 7) is 10.1. The van der Waals surface area contributed by atoms with Crippen molar-refractivity contribution in [3.05, 3.63) is 54.8 Å². The first kappa shape index (κ1) is 19.4. The van der Waals surface area contributed by atoms with Crippen LogP contribution in [0.25, 0.3) is 5.70 Å². The summed E-state index contributed by atoms with van der Waals surface area (Å²) in [4.78, 5) is 28.3. The second kappa shape index (κ2) is 7.72. The molecule has 2 amide bonds. The molecule has 146 valence electrons. The number of carbonyl (C=O) groups is 2. The Morgan fingerprint density at radius 1 is 1.39 bits per heavy atom. The minimum Gasteiger partial charge on any atom is -0.328 e. The highest BCUT2D eigenvalue weighted by molar-refractivity contribution is 6.47. The Kier molecular flexibility index (Phi) is 5.35. The van der Waals surface area contributed by atoms with Crippen LogP contribution in [-0.4, -0.2) is 42.7 Å². The lowest BCUT2D eigenvalue weighted by Crippen LogP contribution is -2.49. The minimum atomic E-state index is -0.280. The molecule has 7 heteroatoms. The van der Waals surface area contributed by atoms with Gasteiger partial charge in [0.2, 0.25) is 5.91 Å². The lowest BCUT2D eigenvalue weighted by atomic mass is 10.0. The van der Waals surface area contributed by atoms with Crippen LogP contribution in [0, 0.1) is 0 Å². The maximum absolute atomic E-state index is 12.6. The maximum Gasteiger partial charge on any atom is 0.273 e. The van der Waals surface area contributed by atoms with Crippen molar-refractivity contribution in [2.75, 3.05) is 24.4 Å². The highest BCUT2D eigenvalue weighted by Gasteiger charge is 2.38. The molecule has 7 nitrogen and oxygen atoms in total. The lowest BCUT2D eigenvalue weighted by molar-refractivity contribution is -0.121. The number of nitrogens with zero attached hydrogens (tertiary/aromatic N) is 3. The van der Waals surface area contributed by atoms with E-state index in [1.54, 1.807) is 19.2 Å². The van der Waals surface area contributed by atoms with Crippen LogP contribution in [0.4, 0.5) is 11.4 Å².